The minimum absolute atomic E-state index is 0.375. The van der Waals surface area contributed by atoms with E-state index in [4.69, 9.17) is 15.0 Å². The van der Waals surface area contributed by atoms with E-state index in [1.807, 2.05) is 20.8 Å². The topological polar surface area (TPSA) is 74.2 Å². The van der Waals surface area contributed by atoms with Crippen molar-refractivity contribution in [3.63, 3.8) is 0 Å². The van der Waals surface area contributed by atoms with Gasteiger partial charge in [-0.1, -0.05) is 12.1 Å². The van der Waals surface area contributed by atoms with Crippen LogP contribution in [0.5, 0.6) is 0 Å². The number of nitrogens with two attached hydrogens (primary N) is 1. The molecule has 0 fully saturated rings. The zero-order chi connectivity index (χ0) is 10.6. The molecule has 2 N–H and O–H groups in total. The summed E-state index contributed by atoms with van der Waals surface area (Å²) in [6, 6.07) is 0. The van der Waals surface area contributed by atoms with Gasteiger partial charge in [-0.25, -0.2) is 0 Å². The highest BCUT2D eigenvalue weighted by atomic mass is 16.5. The zero-order valence-electron chi connectivity index (χ0n) is 8.91. The second-order valence-corrected chi connectivity index (χ2v) is 3.42. The molecule has 14 heavy (non-hydrogen) atoms. The van der Waals surface area contributed by atoms with Crippen LogP contribution in [0, 0.1) is 0 Å². The molecule has 0 bridgehead atoms. The van der Waals surface area contributed by atoms with Crippen molar-refractivity contribution in [1.29, 1.82) is 0 Å². The summed E-state index contributed by atoms with van der Waals surface area (Å²) in [5.74, 6) is 1.02. The zero-order valence-corrected chi connectivity index (χ0v) is 8.91. The monoisotopic (exact) mass is 199 g/mol. The summed E-state index contributed by atoms with van der Waals surface area (Å²) in [4.78, 5) is 4.16. The van der Waals surface area contributed by atoms with E-state index in [1.54, 1.807) is 0 Å². The van der Waals surface area contributed by atoms with Crippen LogP contribution in [0.1, 0.15) is 38.9 Å². The van der Waals surface area contributed by atoms with Crippen LogP contribution in [0.15, 0.2) is 4.52 Å². The highest BCUT2D eigenvalue weighted by Crippen LogP contribution is 2.18. The van der Waals surface area contributed by atoms with E-state index in [0.717, 1.165) is 6.42 Å². The normalized spacial score (nSPS) is 15.4. The van der Waals surface area contributed by atoms with Crippen LogP contribution < -0.4 is 5.73 Å². The molecule has 1 aromatic rings. The Morgan fingerprint density at radius 3 is 2.79 bits per heavy atom. The summed E-state index contributed by atoms with van der Waals surface area (Å²) in [7, 11) is 0. The molecule has 5 heteroatoms. The Morgan fingerprint density at radius 1 is 1.50 bits per heavy atom. The summed E-state index contributed by atoms with van der Waals surface area (Å²) in [6.07, 6.45) is 0.753. The van der Waals surface area contributed by atoms with Gasteiger partial charge in [-0.15, -0.1) is 0 Å². The van der Waals surface area contributed by atoms with Gasteiger partial charge in [-0.3, -0.25) is 0 Å². The van der Waals surface area contributed by atoms with E-state index >= 15 is 0 Å². The Labute approximate surface area is 83.6 Å². The average molecular weight is 199 g/mol. The van der Waals surface area contributed by atoms with Crippen LogP contribution in [0.3, 0.4) is 0 Å². The first-order chi connectivity index (χ1) is 6.60. The maximum Gasteiger partial charge on any atom is 0.246 e. The van der Waals surface area contributed by atoms with Crippen molar-refractivity contribution < 1.29 is 9.26 Å². The largest absolute Gasteiger partial charge is 0.374 e. The Bertz CT molecular complexity index is 283. The van der Waals surface area contributed by atoms with Crippen molar-refractivity contribution in [2.24, 2.45) is 5.73 Å². The second-order valence-electron chi connectivity index (χ2n) is 3.42. The molecule has 0 aliphatic carbocycles. The van der Waals surface area contributed by atoms with Gasteiger partial charge >= 0.3 is 0 Å². The molecule has 1 rings (SSSR count). The van der Waals surface area contributed by atoms with Gasteiger partial charge < -0.3 is 15.0 Å². The second kappa shape index (κ2) is 4.52. The molecule has 0 spiro atoms. The van der Waals surface area contributed by atoms with Crippen molar-refractivity contribution in [2.45, 2.75) is 39.3 Å². The SMILES string of the molecule is CCOCc1noc(C(C)(N)CC)n1. The van der Waals surface area contributed by atoms with Gasteiger partial charge in [0.1, 0.15) is 6.61 Å². The van der Waals surface area contributed by atoms with Crippen LogP contribution in [-0.4, -0.2) is 16.7 Å². The average Bonchev–Trinajstić information content (AvgIpc) is 2.63. The molecule has 0 aliphatic rings. The lowest BCUT2D eigenvalue weighted by Gasteiger charge is -2.16. The van der Waals surface area contributed by atoms with Crippen molar-refractivity contribution in [2.75, 3.05) is 6.61 Å². The third kappa shape index (κ3) is 2.52. The Balaban J connectivity index is 2.67. The predicted molar refractivity (Wildman–Crippen MR) is 51.5 cm³/mol. The molecular weight excluding hydrogens is 182 g/mol. The van der Waals surface area contributed by atoms with Crippen molar-refractivity contribution in [1.82, 2.24) is 10.1 Å². The fourth-order valence-electron chi connectivity index (χ4n) is 0.889. The van der Waals surface area contributed by atoms with E-state index in [0.29, 0.717) is 24.9 Å². The smallest absolute Gasteiger partial charge is 0.246 e. The lowest BCUT2D eigenvalue weighted by Crippen LogP contribution is -2.32. The fourth-order valence-corrected chi connectivity index (χ4v) is 0.889. The molecule has 1 unspecified atom stereocenters. The Morgan fingerprint density at radius 2 is 2.21 bits per heavy atom. The van der Waals surface area contributed by atoms with Crippen LogP contribution >= 0.6 is 0 Å². The van der Waals surface area contributed by atoms with Crippen molar-refractivity contribution >= 4 is 0 Å². The lowest BCUT2D eigenvalue weighted by atomic mass is 10.0. The van der Waals surface area contributed by atoms with Gasteiger partial charge in [0.05, 0.1) is 5.54 Å². The van der Waals surface area contributed by atoms with E-state index in [-0.39, 0.29) is 0 Å². The van der Waals surface area contributed by atoms with Gasteiger partial charge in [-0.2, -0.15) is 4.98 Å². The van der Waals surface area contributed by atoms with E-state index in [2.05, 4.69) is 10.1 Å². The number of aromatic nitrogens is 2. The van der Waals surface area contributed by atoms with Gasteiger partial charge in [0.2, 0.25) is 5.89 Å². The molecule has 5 nitrogen and oxygen atoms in total. The summed E-state index contributed by atoms with van der Waals surface area (Å²) in [6.45, 7) is 6.77. The van der Waals surface area contributed by atoms with Gasteiger partial charge in [-0.05, 0) is 20.3 Å². The standard InChI is InChI=1S/C9H17N3O2/c1-4-9(3,10)8-11-7(12-14-8)6-13-5-2/h4-6,10H2,1-3H3. The molecule has 0 saturated heterocycles. The Hall–Kier alpha value is -0.940. The highest BCUT2D eigenvalue weighted by Gasteiger charge is 2.25. The number of hydrogen-bond donors (Lipinski definition) is 1. The summed E-state index contributed by atoms with van der Waals surface area (Å²) in [5.41, 5.74) is 5.40. The maximum atomic E-state index is 5.94. The van der Waals surface area contributed by atoms with Gasteiger partial charge in [0.15, 0.2) is 5.82 Å². The number of hydrogen-bond acceptors (Lipinski definition) is 5. The molecule has 0 aliphatic heterocycles. The molecular formula is C9H17N3O2. The van der Waals surface area contributed by atoms with Crippen LogP contribution in [0.4, 0.5) is 0 Å². The maximum absolute atomic E-state index is 5.94. The molecule has 1 atom stereocenters. The van der Waals surface area contributed by atoms with Gasteiger partial charge in [0.25, 0.3) is 0 Å². The fraction of sp³-hybridized carbons (Fsp3) is 0.778. The van der Waals surface area contributed by atoms with Crippen LogP contribution in [0.2, 0.25) is 0 Å². The Kier molecular flexibility index (Phi) is 3.60. The van der Waals surface area contributed by atoms with E-state index < -0.39 is 5.54 Å². The number of ether oxygens (including phenoxy) is 1. The van der Waals surface area contributed by atoms with Crippen LogP contribution in [0.25, 0.3) is 0 Å². The lowest BCUT2D eigenvalue weighted by molar-refractivity contribution is 0.126. The highest BCUT2D eigenvalue weighted by molar-refractivity contribution is 4.98. The summed E-state index contributed by atoms with van der Waals surface area (Å²) < 4.78 is 10.2. The predicted octanol–water partition coefficient (Wildman–Crippen LogP) is 1.19. The first-order valence-electron chi connectivity index (χ1n) is 4.79. The first kappa shape index (κ1) is 11.1. The summed E-state index contributed by atoms with van der Waals surface area (Å²) >= 11 is 0. The molecule has 80 valence electrons. The molecule has 0 saturated carbocycles. The third-order valence-corrected chi connectivity index (χ3v) is 2.13. The van der Waals surface area contributed by atoms with E-state index in [9.17, 15) is 0 Å². The quantitative estimate of drug-likeness (QED) is 0.771. The third-order valence-electron chi connectivity index (χ3n) is 2.13. The molecule has 0 aromatic carbocycles. The molecule has 1 heterocycles. The summed E-state index contributed by atoms with van der Waals surface area (Å²) in [5, 5.41) is 3.78. The number of rotatable bonds is 5. The molecule has 1 aromatic heterocycles. The minimum Gasteiger partial charge on any atom is -0.374 e. The van der Waals surface area contributed by atoms with Crippen LogP contribution in [-0.2, 0) is 16.9 Å². The minimum atomic E-state index is -0.544. The van der Waals surface area contributed by atoms with Crippen molar-refractivity contribution in [3.05, 3.63) is 11.7 Å². The first-order valence-corrected chi connectivity index (χ1v) is 4.79. The molecule has 0 amide bonds. The number of nitrogens with zero attached hydrogens (tertiary/aromatic N) is 2. The van der Waals surface area contributed by atoms with Gasteiger partial charge in [0, 0.05) is 6.61 Å². The molecule has 0 radical (unpaired) electrons. The van der Waals surface area contributed by atoms with Crippen molar-refractivity contribution in [3.8, 4) is 0 Å². The van der Waals surface area contributed by atoms with E-state index in [1.165, 1.54) is 0 Å².